The molecule has 384 valence electrons. The maximum atomic E-state index is 15.2. The van der Waals surface area contributed by atoms with Crippen LogP contribution in [0.1, 0.15) is 85.5 Å². The van der Waals surface area contributed by atoms with Crippen LogP contribution in [0.5, 0.6) is 0 Å². The fraction of sp³-hybridized carbons (Fsp3) is 0.404. The summed E-state index contributed by atoms with van der Waals surface area (Å²) >= 11 is 0. The van der Waals surface area contributed by atoms with E-state index < -0.39 is 121 Å². The molecule has 4 aromatic rings. The molecule has 5 unspecified atom stereocenters. The van der Waals surface area contributed by atoms with Crippen molar-refractivity contribution in [2.24, 2.45) is 10.9 Å². The Labute approximate surface area is 412 Å². The van der Waals surface area contributed by atoms with E-state index in [2.05, 4.69) is 4.99 Å². The van der Waals surface area contributed by atoms with Crippen LogP contribution in [0.25, 0.3) is 0 Å². The molecule has 72 heavy (non-hydrogen) atoms. The summed E-state index contributed by atoms with van der Waals surface area (Å²) in [7, 11) is 0. The number of rotatable bonds is 17. The SMILES string of the molecule is CC[C@@H](OC(C)=O)[C@@H](OC(C)=O)C1O[C@](C)(O[C@@H]2C(OC(=O)c3ccccc3)C(OC(=Nc3ccccc3)C(F)(F)F)OC(COC(=O)c3ccccc3)[C@@H]2OC(=O)c2ccccc2)C[C@@H](OC(C)=O)C1C. The van der Waals surface area contributed by atoms with Gasteiger partial charge in [-0.3, -0.25) is 14.4 Å². The van der Waals surface area contributed by atoms with Gasteiger partial charge in [0.15, 0.2) is 24.1 Å². The third-order valence-electron chi connectivity index (χ3n) is 11.4. The van der Waals surface area contributed by atoms with Crippen molar-refractivity contribution in [2.75, 3.05) is 6.61 Å². The first kappa shape index (κ1) is 54.2. The second kappa shape index (κ2) is 24.3. The lowest BCUT2D eigenvalue weighted by Gasteiger charge is -2.51. The predicted molar refractivity (Wildman–Crippen MR) is 246 cm³/mol. The van der Waals surface area contributed by atoms with E-state index in [1.807, 2.05) is 0 Å². The Bertz CT molecular complexity index is 2520. The molecule has 20 heteroatoms. The minimum absolute atomic E-state index is 0.0222. The number of alkyl halides is 3. The molecule has 6 rings (SSSR count). The Kier molecular flexibility index (Phi) is 18.3. The lowest BCUT2D eigenvalue weighted by atomic mass is 9.84. The van der Waals surface area contributed by atoms with Crippen molar-refractivity contribution in [3.8, 4) is 0 Å². The minimum Gasteiger partial charge on any atom is -0.462 e. The topological polar surface area (TPSA) is 207 Å². The van der Waals surface area contributed by atoms with Crippen molar-refractivity contribution in [1.82, 2.24) is 0 Å². The molecule has 2 saturated heterocycles. The van der Waals surface area contributed by atoms with E-state index >= 15 is 13.2 Å². The van der Waals surface area contributed by atoms with Gasteiger partial charge in [0.1, 0.15) is 37.1 Å². The summed E-state index contributed by atoms with van der Waals surface area (Å²) in [5.74, 6) is -10.3. The normalized spacial score (nSPS) is 25.1. The number of esters is 6. The second-order valence-electron chi connectivity index (χ2n) is 17.0. The first-order chi connectivity index (χ1) is 34.2. The van der Waals surface area contributed by atoms with Crippen LogP contribution >= 0.6 is 0 Å². The molecule has 2 aliphatic heterocycles. The van der Waals surface area contributed by atoms with Gasteiger partial charge in [-0.2, -0.15) is 13.2 Å². The van der Waals surface area contributed by atoms with Gasteiger partial charge in [0, 0.05) is 33.1 Å². The molecule has 0 spiro atoms. The zero-order chi connectivity index (χ0) is 52.2. The van der Waals surface area contributed by atoms with E-state index in [0.717, 1.165) is 20.8 Å². The van der Waals surface area contributed by atoms with Crippen molar-refractivity contribution in [1.29, 1.82) is 0 Å². The molecule has 11 atom stereocenters. The highest BCUT2D eigenvalue weighted by Gasteiger charge is 2.59. The monoisotopic (exact) mass is 1010 g/mol. The third kappa shape index (κ3) is 14.5. The van der Waals surface area contributed by atoms with Crippen molar-refractivity contribution in [3.05, 3.63) is 138 Å². The maximum absolute atomic E-state index is 15.2. The molecule has 0 saturated carbocycles. The molecule has 0 N–H and O–H groups in total. The van der Waals surface area contributed by atoms with Crippen LogP contribution in [0, 0.1) is 5.92 Å². The molecule has 0 aromatic heterocycles. The molecule has 0 aliphatic carbocycles. The number of nitrogens with zero attached hydrogens (tertiary/aromatic N) is 1. The van der Waals surface area contributed by atoms with Crippen LogP contribution in [0.3, 0.4) is 0 Å². The van der Waals surface area contributed by atoms with E-state index in [1.165, 1.54) is 91.9 Å². The van der Waals surface area contributed by atoms with E-state index in [4.69, 9.17) is 47.4 Å². The van der Waals surface area contributed by atoms with E-state index in [0.29, 0.717) is 0 Å². The molecule has 2 aliphatic rings. The molecule has 0 radical (unpaired) electrons. The first-order valence-corrected chi connectivity index (χ1v) is 22.9. The maximum Gasteiger partial charge on any atom is 0.468 e. The van der Waals surface area contributed by atoms with Crippen LogP contribution < -0.4 is 0 Å². The van der Waals surface area contributed by atoms with Crippen LogP contribution in [0.2, 0.25) is 0 Å². The Balaban J connectivity index is 1.56. The van der Waals surface area contributed by atoms with Crippen molar-refractivity contribution >= 4 is 47.4 Å². The molecule has 2 fully saturated rings. The zero-order valence-electron chi connectivity index (χ0n) is 40.1. The number of ether oxygens (including phenoxy) is 10. The summed E-state index contributed by atoms with van der Waals surface area (Å²) in [6, 6.07) is 29.4. The largest absolute Gasteiger partial charge is 0.468 e. The Morgan fingerprint density at radius 3 is 1.65 bits per heavy atom. The zero-order valence-corrected chi connectivity index (χ0v) is 40.1. The Hall–Kier alpha value is -7.16. The number of carbonyl (C=O) groups is 6. The first-order valence-electron chi connectivity index (χ1n) is 22.9. The standard InChI is InChI=1S/C52H54F3NO16/c1-7-38(64-31(3)57)42(66-33(5)59)41-30(2)39(65-32(4)58)28-51(6,71-41)72-44-43(68-47(61)35-22-14-9-15-23-35)40(29-63-46(60)34-20-12-8-13-21-34)67-49(45(44)69-48(62)36-24-16-10-17-25-36)70-50(52(53,54)55)56-37-26-18-11-19-27-37/h8-27,30,38-45,49H,7,28-29H2,1-6H3/t30?,38-,39-,40?,41?,42-,43+,44+,45?,49?,51-/m1/s1. The average Bonchev–Trinajstić information content (AvgIpc) is 3.35. The summed E-state index contributed by atoms with van der Waals surface area (Å²) in [6.07, 6.45) is -20.9. The fourth-order valence-corrected chi connectivity index (χ4v) is 8.18. The van der Waals surface area contributed by atoms with Gasteiger partial charge in [0.2, 0.25) is 6.29 Å². The van der Waals surface area contributed by atoms with Gasteiger partial charge < -0.3 is 47.4 Å². The number of hydrogen-bond donors (Lipinski definition) is 0. The third-order valence-corrected chi connectivity index (χ3v) is 11.4. The molecular formula is C52H54F3NO16. The molecule has 17 nitrogen and oxygen atoms in total. The number of aliphatic imine (C=N–C) groups is 1. The Morgan fingerprint density at radius 2 is 1.17 bits per heavy atom. The summed E-state index contributed by atoms with van der Waals surface area (Å²) < 4.78 is 106. The highest BCUT2D eigenvalue weighted by atomic mass is 19.4. The fourth-order valence-electron chi connectivity index (χ4n) is 8.18. The van der Waals surface area contributed by atoms with Gasteiger partial charge in [-0.05, 0) is 61.9 Å². The summed E-state index contributed by atoms with van der Waals surface area (Å²) in [4.78, 5) is 83.5. The van der Waals surface area contributed by atoms with Crippen molar-refractivity contribution < 1.29 is 89.3 Å². The smallest absolute Gasteiger partial charge is 0.462 e. The van der Waals surface area contributed by atoms with Gasteiger partial charge in [-0.25, -0.2) is 19.4 Å². The van der Waals surface area contributed by atoms with Gasteiger partial charge in [0.25, 0.3) is 5.90 Å². The summed E-state index contributed by atoms with van der Waals surface area (Å²) in [5, 5.41) is 0. The number of hydrogen-bond acceptors (Lipinski definition) is 17. The number of halogens is 3. The lowest BCUT2D eigenvalue weighted by Crippen LogP contribution is -2.66. The highest BCUT2D eigenvalue weighted by Crippen LogP contribution is 2.43. The molecule has 0 bridgehead atoms. The predicted octanol–water partition coefficient (Wildman–Crippen LogP) is 8.06. The van der Waals surface area contributed by atoms with Crippen LogP contribution in [0.4, 0.5) is 18.9 Å². The lowest BCUT2D eigenvalue weighted by molar-refractivity contribution is -0.371. The number of benzene rings is 4. The van der Waals surface area contributed by atoms with E-state index in [-0.39, 0.29) is 35.2 Å². The van der Waals surface area contributed by atoms with Gasteiger partial charge in [0.05, 0.1) is 22.4 Å². The van der Waals surface area contributed by atoms with E-state index in [1.54, 1.807) is 50.2 Å². The van der Waals surface area contributed by atoms with Gasteiger partial charge >= 0.3 is 42.0 Å². The molecule has 0 amide bonds. The number of carbonyl (C=O) groups excluding carboxylic acids is 6. The minimum atomic E-state index is -5.34. The van der Waals surface area contributed by atoms with Crippen molar-refractivity contribution in [2.45, 2.75) is 121 Å². The highest BCUT2D eigenvalue weighted by molar-refractivity contribution is 5.91. The van der Waals surface area contributed by atoms with Gasteiger partial charge in [-0.15, -0.1) is 0 Å². The van der Waals surface area contributed by atoms with E-state index in [9.17, 15) is 28.8 Å². The number of para-hydroxylation sites is 1. The van der Waals surface area contributed by atoms with Crippen molar-refractivity contribution in [3.63, 3.8) is 0 Å². The average molecular weight is 1010 g/mol. The van der Waals surface area contributed by atoms with Crippen LogP contribution in [0.15, 0.2) is 126 Å². The quantitative estimate of drug-likeness (QED) is 0.0424. The molecule has 2 heterocycles. The second-order valence-corrected chi connectivity index (χ2v) is 17.0. The molecular weight excluding hydrogens is 952 g/mol. The Morgan fingerprint density at radius 1 is 0.667 bits per heavy atom. The summed E-state index contributed by atoms with van der Waals surface area (Å²) in [5.41, 5.74) is -0.247. The molecule has 4 aromatic carbocycles. The van der Waals surface area contributed by atoms with Crippen LogP contribution in [-0.4, -0.2) is 115 Å². The summed E-state index contributed by atoms with van der Waals surface area (Å²) in [6.45, 7) is 7.16. The van der Waals surface area contributed by atoms with Gasteiger partial charge in [-0.1, -0.05) is 86.6 Å². The van der Waals surface area contributed by atoms with Crippen LogP contribution in [-0.2, 0) is 61.8 Å².